The topological polar surface area (TPSA) is 12.9 Å². The van der Waals surface area contributed by atoms with Gasteiger partial charge >= 0.3 is 0 Å². The molecule has 1 atom stereocenters. The zero-order valence-corrected chi connectivity index (χ0v) is 11.6. The number of halogens is 1. The van der Waals surface area contributed by atoms with E-state index < -0.39 is 0 Å². The van der Waals surface area contributed by atoms with Crippen molar-refractivity contribution in [3.05, 3.63) is 53.2 Å². The fourth-order valence-corrected chi connectivity index (χ4v) is 2.26. The SMILES string of the molecule is CCC(C)Cc1ccnc(-c2ccccc2)c1Cl. The van der Waals surface area contributed by atoms with Crippen LogP contribution in [0.2, 0.25) is 5.02 Å². The van der Waals surface area contributed by atoms with Crippen LogP contribution in [0.1, 0.15) is 25.8 Å². The van der Waals surface area contributed by atoms with E-state index in [1.807, 2.05) is 42.6 Å². The maximum absolute atomic E-state index is 6.48. The minimum atomic E-state index is 0.647. The van der Waals surface area contributed by atoms with Crippen LogP contribution in [-0.4, -0.2) is 4.98 Å². The monoisotopic (exact) mass is 259 g/mol. The molecule has 0 spiro atoms. The largest absolute Gasteiger partial charge is 0.255 e. The van der Waals surface area contributed by atoms with Crippen molar-refractivity contribution in [3.8, 4) is 11.3 Å². The fourth-order valence-electron chi connectivity index (χ4n) is 1.96. The molecule has 2 aromatic rings. The van der Waals surface area contributed by atoms with Gasteiger partial charge < -0.3 is 0 Å². The Morgan fingerprint density at radius 3 is 2.56 bits per heavy atom. The van der Waals surface area contributed by atoms with E-state index in [1.165, 1.54) is 12.0 Å². The van der Waals surface area contributed by atoms with Crippen molar-refractivity contribution in [2.45, 2.75) is 26.7 Å². The Morgan fingerprint density at radius 1 is 1.17 bits per heavy atom. The number of aromatic nitrogens is 1. The minimum Gasteiger partial charge on any atom is -0.255 e. The van der Waals surface area contributed by atoms with Gasteiger partial charge in [0.05, 0.1) is 10.7 Å². The zero-order chi connectivity index (χ0) is 13.0. The van der Waals surface area contributed by atoms with E-state index in [0.29, 0.717) is 5.92 Å². The first-order chi connectivity index (χ1) is 8.72. The third-order valence-corrected chi connectivity index (χ3v) is 3.70. The smallest absolute Gasteiger partial charge is 0.0890 e. The lowest BCUT2D eigenvalue weighted by Gasteiger charge is -2.12. The Bertz CT molecular complexity index is 508. The number of hydrogen-bond donors (Lipinski definition) is 0. The van der Waals surface area contributed by atoms with Gasteiger partial charge in [0.15, 0.2) is 0 Å². The van der Waals surface area contributed by atoms with Gasteiger partial charge in [-0.2, -0.15) is 0 Å². The molecule has 94 valence electrons. The van der Waals surface area contributed by atoms with E-state index in [1.54, 1.807) is 0 Å². The second-order valence-electron chi connectivity index (χ2n) is 4.72. The van der Waals surface area contributed by atoms with E-state index in [-0.39, 0.29) is 0 Å². The standard InChI is InChI=1S/C16H18ClN/c1-3-12(2)11-14-9-10-18-16(15(14)17)13-7-5-4-6-8-13/h4-10,12H,3,11H2,1-2H3. The highest BCUT2D eigenvalue weighted by molar-refractivity contribution is 6.33. The first-order valence-corrected chi connectivity index (χ1v) is 6.79. The van der Waals surface area contributed by atoms with Crippen LogP contribution < -0.4 is 0 Å². The average Bonchev–Trinajstić information content (AvgIpc) is 2.42. The highest BCUT2D eigenvalue weighted by atomic mass is 35.5. The van der Waals surface area contributed by atoms with Gasteiger partial charge in [0, 0.05) is 11.8 Å². The van der Waals surface area contributed by atoms with Crippen LogP contribution >= 0.6 is 11.6 Å². The lowest BCUT2D eigenvalue weighted by atomic mass is 9.98. The molecule has 2 heteroatoms. The van der Waals surface area contributed by atoms with Gasteiger partial charge in [0.2, 0.25) is 0 Å². The van der Waals surface area contributed by atoms with Crippen LogP contribution in [0, 0.1) is 5.92 Å². The molecule has 0 bridgehead atoms. The number of rotatable bonds is 4. The molecular weight excluding hydrogens is 242 g/mol. The van der Waals surface area contributed by atoms with E-state index >= 15 is 0 Å². The summed E-state index contributed by atoms with van der Waals surface area (Å²) in [6.45, 7) is 4.46. The zero-order valence-electron chi connectivity index (χ0n) is 10.9. The number of benzene rings is 1. The second kappa shape index (κ2) is 6.01. The summed E-state index contributed by atoms with van der Waals surface area (Å²) < 4.78 is 0. The second-order valence-corrected chi connectivity index (χ2v) is 5.09. The molecule has 0 aliphatic carbocycles. The molecule has 1 nitrogen and oxygen atoms in total. The lowest BCUT2D eigenvalue weighted by Crippen LogP contribution is -2.00. The van der Waals surface area contributed by atoms with Crippen molar-refractivity contribution < 1.29 is 0 Å². The lowest BCUT2D eigenvalue weighted by molar-refractivity contribution is 0.560. The Balaban J connectivity index is 2.36. The van der Waals surface area contributed by atoms with Crippen molar-refractivity contribution in [2.24, 2.45) is 5.92 Å². The summed E-state index contributed by atoms with van der Waals surface area (Å²) in [4.78, 5) is 4.41. The Morgan fingerprint density at radius 2 is 1.89 bits per heavy atom. The molecule has 1 aromatic carbocycles. The molecule has 0 radical (unpaired) electrons. The van der Waals surface area contributed by atoms with Crippen molar-refractivity contribution in [1.29, 1.82) is 0 Å². The Hall–Kier alpha value is -1.34. The number of pyridine rings is 1. The summed E-state index contributed by atoms with van der Waals surface area (Å²) in [6.07, 6.45) is 4.03. The van der Waals surface area contributed by atoms with Crippen LogP contribution in [0.4, 0.5) is 0 Å². The van der Waals surface area contributed by atoms with Crippen molar-refractivity contribution in [2.75, 3.05) is 0 Å². The summed E-state index contributed by atoms with van der Waals surface area (Å²) in [5, 5.41) is 0.795. The summed E-state index contributed by atoms with van der Waals surface area (Å²) in [6, 6.07) is 12.1. The minimum absolute atomic E-state index is 0.647. The maximum Gasteiger partial charge on any atom is 0.0890 e. The van der Waals surface area contributed by atoms with Crippen LogP contribution in [0.5, 0.6) is 0 Å². The van der Waals surface area contributed by atoms with Gasteiger partial charge in [-0.25, -0.2) is 0 Å². The van der Waals surface area contributed by atoms with E-state index in [0.717, 1.165) is 22.7 Å². The highest BCUT2D eigenvalue weighted by Crippen LogP contribution is 2.30. The van der Waals surface area contributed by atoms with Crippen LogP contribution in [0.15, 0.2) is 42.6 Å². The van der Waals surface area contributed by atoms with Crippen LogP contribution in [0.25, 0.3) is 11.3 Å². The summed E-state index contributed by atoms with van der Waals surface area (Å²) in [7, 11) is 0. The highest BCUT2D eigenvalue weighted by Gasteiger charge is 2.11. The van der Waals surface area contributed by atoms with E-state index in [2.05, 4.69) is 18.8 Å². The molecule has 1 aromatic heterocycles. The molecule has 0 amide bonds. The van der Waals surface area contributed by atoms with Gasteiger partial charge in [-0.15, -0.1) is 0 Å². The molecule has 0 saturated carbocycles. The van der Waals surface area contributed by atoms with Crippen LogP contribution in [-0.2, 0) is 6.42 Å². The molecule has 1 unspecified atom stereocenters. The molecule has 0 aliphatic rings. The maximum atomic E-state index is 6.48. The molecular formula is C16H18ClN. The van der Waals surface area contributed by atoms with Gasteiger partial charge in [0.25, 0.3) is 0 Å². The first kappa shape index (κ1) is 13.1. The van der Waals surface area contributed by atoms with E-state index in [9.17, 15) is 0 Å². The average molecular weight is 260 g/mol. The summed E-state index contributed by atoms with van der Waals surface area (Å²) in [5.74, 6) is 0.647. The number of hydrogen-bond acceptors (Lipinski definition) is 1. The molecule has 0 saturated heterocycles. The third-order valence-electron chi connectivity index (χ3n) is 3.28. The van der Waals surface area contributed by atoms with Crippen molar-refractivity contribution in [1.82, 2.24) is 4.98 Å². The van der Waals surface area contributed by atoms with Crippen molar-refractivity contribution >= 4 is 11.6 Å². The van der Waals surface area contributed by atoms with Gasteiger partial charge in [0.1, 0.15) is 0 Å². The fraction of sp³-hybridized carbons (Fsp3) is 0.312. The van der Waals surface area contributed by atoms with E-state index in [4.69, 9.17) is 11.6 Å². The molecule has 0 N–H and O–H groups in total. The molecule has 2 rings (SSSR count). The molecule has 0 fully saturated rings. The third kappa shape index (κ3) is 2.91. The molecule has 1 heterocycles. The van der Waals surface area contributed by atoms with Crippen molar-refractivity contribution in [3.63, 3.8) is 0 Å². The van der Waals surface area contributed by atoms with Gasteiger partial charge in [-0.1, -0.05) is 62.2 Å². The number of nitrogens with zero attached hydrogens (tertiary/aromatic N) is 1. The summed E-state index contributed by atoms with van der Waals surface area (Å²) in [5.41, 5.74) is 3.16. The predicted octanol–water partition coefficient (Wildman–Crippen LogP) is 4.99. The Labute approximate surface area is 114 Å². The molecule has 0 aliphatic heterocycles. The van der Waals surface area contributed by atoms with Gasteiger partial charge in [-0.05, 0) is 24.0 Å². The Kier molecular flexibility index (Phi) is 4.38. The quantitative estimate of drug-likeness (QED) is 0.754. The normalized spacial score (nSPS) is 12.4. The van der Waals surface area contributed by atoms with Crippen LogP contribution in [0.3, 0.4) is 0 Å². The molecule has 18 heavy (non-hydrogen) atoms. The predicted molar refractivity (Wildman–Crippen MR) is 77.8 cm³/mol. The first-order valence-electron chi connectivity index (χ1n) is 6.41. The summed E-state index contributed by atoms with van der Waals surface area (Å²) >= 11 is 6.48. The van der Waals surface area contributed by atoms with Gasteiger partial charge in [-0.3, -0.25) is 4.98 Å².